The molecule has 6 heteroatoms. The third kappa shape index (κ3) is 5.36. The molecule has 1 aromatic carbocycles. The van der Waals surface area contributed by atoms with Gasteiger partial charge in [-0.05, 0) is 55.9 Å². The Morgan fingerprint density at radius 3 is 2.83 bits per heavy atom. The predicted molar refractivity (Wildman–Crippen MR) is 122 cm³/mol. The summed E-state index contributed by atoms with van der Waals surface area (Å²) in [5, 5.41) is 13.7. The number of hydrogen-bond donors (Lipinski definition) is 2. The van der Waals surface area contributed by atoms with E-state index in [4.69, 9.17) is 9.97 Å². The number of hydrogen-bond acceptors (Lipinski definition) is 5. The first-order valence-corrected chi connectivity index (χ1v) is 11.8. The molecule has 0 bridgehead atoms. The van der Waals surface area contributed by atoms with Crippen LogP contribution in [0.3, 0.4) is 0 Å². The average molecular weight is 424 g/mol. The lowest BCUT2D eigenvalue weighted by Gasteiger charge is -2.17. The summed E-state index contributed by atoms with van der Waals surface area (Å²) in [7, 11) is 0. The highest BCUT2D eigenvalue weighted by Crippen LogP contribution is 2.33. The van der Waals surface area contributed by atoms with E-state index in [0.717, 1.165) is 72.5 Å². The number of nitrogens with one attached hydrogen (secondary N) is 1. The van der Waals surface area contributed by atoms with E-state index in [1.54, 1.807) is 11.3 Å². The smallest absolute Gasteiger partial charge is 0.304 e. The Kier molecular flexibility index (Phi) is 6.95. The zero-order valence-electron chi connectivity index (χ0n) is 17.3. The Balaban J connectivity index is 1.24. The zero-order valence-corrected chi connectivity index (χ0v) is 18.1. The van der Waals surface area contributed by atoms with Gasteiger partial charge in [-0.3, -0.25) is 4.79 Å². The van der Waals surface area contributed by atoms with Crippen LogP contribution in [0.4, 0.5) is 5.82 Å². The van der Waals surface area contributed by atoms with Crippen molar-refractivity contribution in [1.82, 2.24) is 9.97 Å². The second kappa shape index (κ2) is 10.0. The average Bonchev–Trinajstić information content (AvgIpc) is 3.19. The molecule has 0 spiro atoms. The third-order valence-electron chi connectivity index (χ3n) is 5.77. The number of carbonyl (C=O) groups is 1. The SMILES string of the molecule is O=C(O)CC(CCCCCCc1ccc2c(n1)NCCC2)c1nc2ccccc2s1. The summed E-state index contributed by atoms with van der Waals surface area (Å²) in [6.45, 7) is 1.02. The van der Waals surface area contributed by atoms with Crippen LogP contribution in [0.15, 0.2) is 36.4 Å². The van der Waals surface area contributed by atoms with Crippen molar-refractivity contribution in [3.05, 3.63) is 52.7 Å². The fourth-order valence-corrected chi connectivity index (χ4v) is 5.25. The van der Waals surface area contributed by atoms with E-state index < -0.39 is 5.97 Å². The fraction of sp³-hybridized carbons (Fsp3) is 0.458. The van der Waals surface area contributed by atoms with E-state index in [1.807, 2.05) is 18.2 Å². The molecule has 0 fully saturated rings. The summed E-state index contributed by atoms with van der Waals surface area (Å²) in [6.07, 6.45) is 8.78. The van der Waals surface area contributed by atoms with Crippen molar-refractivity contribution in [1.29, 1.82) is 0 Å². The van der Waals surface area contributed by atoms with Crippen molar-refractivity contribution >= 4 is 33.3 Å². The van der Waals surface area contributed by atoms with Gasteiger partial charge in [-0.1, -0.05) is 37.5 Å². The predicted octanol–water partition coefficient (Wildman–Crippen LogP) is 5.80. The van der Waals surface area contributed by atoms with Crippen LogP contribution in [0.1, 0.15) is 67.1 Å². The van der Waals surface area contributed by atoms with Crippen molar-refractivity contribution < 1.29 is 9.90 Å². The topological polar surface area (TPSA) is 75.1 Å². The lowest BCUT2D eigenvalue weighted by molar-refractivity contribution is -0.137. The number of aryl methyl sites for hydroxylation is 2. The molecule has 0 amide bonds. The van der Waals surface area contributed by atoms with Crippen molar-refractivity contribution in [2.24, 2.45) is 0 Å². The molecule has 1 atom stereocenters. The van der Waals surface area contributed by atoms with Crippen LogP contribution in [-0.2, 0) is 17.6 Å². The summed E-state index contributed by atoms with van der Waals surface area (Å²) < 4.78 is 1.13. The van der Waals surface area contributed by atoms with Gasteiger partial charge < -0.3 is 10.4 Å². The van der Waals surface area contributed by atoms with E-state index >= 15 is 0 Å². The molecule has 1 aliphatic rings. The maximum absolute atomic E-state index is 11.4. The number of pyridine rings is 1. The minimum atomic E-state index is -0.744. The molecule has 1 aliphatic heterocycles. The van der Waals surface area contributed by atoms with Crippen LogP contribution in [-0.4, -0.2) is 27.6 Å². The van der Waals surface area contributed by atoms with Gasteiger partial charge in [-0.2, -0.15) is 0 Å². The number of anilines is 1. The molecule has 0 radical (unpaired) electrons. The first-order valence-electron chi connectivity index (χ1n) is 11.0. The molecular formula is C24H29N3O2S. The highest BCUT2D eigenvalue weighted by Gasteiger charge is 2.19. The number of nitrogens with zero attached hydrogens (tertiary/aromatic N) is 2. The minimum absolute atomic E-state index is 0.00767. The number of thiazole rings is 1. The Morgan fingerprint density at radius 2 is 1.97 bits per heavy atom. The first kappa shape index (κ1) is 20.8. The molecule has 1 unspecified atom stereocenters. The van der Waals surface area contributed by atoms with Gasteiger partial charge in [0.15, 0.2) is 0 Å². The summed E-state index contributed by atoms with van der Waals surface area (Å²) in [4.78, 5) is 20.8. The van der Waals surface area contributed by atoms with E-state index in [0.29, 0.717) is 0 Å². The summed E-state index contributed by atoms with van der Waals surface area (Å²) in [5.41, 5.74) is 3.48. The quantitative estimate of drug-likeness (QED) is 0.403. The van der Waals surface area contributed by atoms with E-state index in [1.165, 1.54) is 17.7 Å². The van der Waals surface area contributed by atoms with E-state index in [-0.39, 0.29) is 12.3 Å². The number of para-hydroxylation sites is 1. The largest absolute Gasteiger partial charge is 0.481 e. The molecule has 30 heavy (non-hydrogen) atoms. The number of fused-ring (bicyclic) bond motifs is 2. The number of rotatable bonds is 10. The van der Waals surface area contributed by atoms with Crippen molar-refractivity contribution in [2.45, 2.75) is 63.7 Å². The van der Waals surface area contributed by atoms with Gasteiger partial charge in [0.2, 0.25) is 0 Å². The molecule has 2 aromatic heterocycles. The summed E-state index contributed by atoms with van der Waals surface area (Å²) >= 11 is 1.64. The molecule has 3 heterocycles. The third-order valence-corrected chi connectivity index (χ3v) is 6.97. The molecular weight excluding hydrogens is 394 g/mol. The van der Waals surface area contributed by atoms with Crippen LogP contribution in [0.5, 0.6) is 0 Å². The van der Waals surface area contributed by atoms with Gasteiger partial charge in [-0.25, -0.2) is 9.97 Å². The highest BCUT2D eigenvalue weighted by atomic mass is 32.1. The number of carboxylic acids is 1. The first-order chi connectivity index (χ1) is 14.7. The Labute approximate surface area is 181 Å². The number of aliphatic carboxylic acids is 1. The number of unbranched alkanes of at least 4 members (excludes halogenated alkanes) is 3. The molecule has 2 N–H and O–H groups in total. The molecule has 5 nitrogen and oxygen atoms in total. The fourth-order valence-electron chi connectivity index (χ4n) is 4.15. The number of benzene rings is 1. The van der Waals surface area contributed by atoms with Gasteiger partial charge in [0.25, 0.3) is 0 Å². The molecule has 3 aromatic rings. The normalized spacial score (nSPS) is 14.3. The van der Waals surface area contributed by atoms with Gasteiger partial charge in [0.1, 0.15) is 5.82 Å². The standard InChI is InChI=1S/C24H29N3O2S/c28-22(29)16-18(24-27-20-11-5-6-12-21(20)30-24)8-3-1-2-4-10-19-14-13-17-9-7-15-25-23(17)26-19/h5-6,11-14,18H,1-4,7-10,15-16H2,(H,25,26)(H,28,29). The number of aromatic nitrogens is 2. The second-order valence-electron chi connectivity index (χ2n) is 8.11. The lowest BCUT2D eigenvalue weighted by atomic mass is 9.97. The van der Waals surface area contributed by atoms with Crippen LogP contribution >= 0.6 is 11.3 Å². The minimum Gasteiger partial charge on any atom is -0.481 e. The van der Waals surface area contributed by atoms with Crippen LogP contribution in [0, 0.1) is 0 Å². The molecule has 0 aliphatic carbocycles. The van der Waals surface area contributed by atoms with Gasteiger partial charge in [0.05, 0.1) is 21.6 Å². The Hall–Kier alpha value is -2.47. The monoisotopic (exact) mass is 423 g/mol. The second-order valence-corrected chi connectivity index (χ2v) is 9.17. The Morgan fingerprint density at radius 1 is 1.10 bits per heavy atom. The summed E-state index contributed by atoms with van der Waals surface area (Å²) in [5.74, 6) is 0.339. The van der Waals surface area contributed by atoms with E-state index in [2.05, 4.69) is 23.5 Å². The van der Waals surface area contributed by atoms with E-state index in [9.17, 15) is 9.90 Å². The lowest BCUT2D eigenvalue weighted by Crippen LogP contribution is -2.13. The van der Waals surface area contributed by atoms with Gasteiger partial charge in [-0.15, -0.1) is 11.3 Å². The maximum atomic E-state index is 11.4. The molecule has 0 saturated carbocycles. The Bertz CT molecular complexity index is 968. The van der Waals surface area contributed by atoms with Crippen molar-refractivity contribution in [3.63, 3.8) is 0 Å². The van der Waals surface area contributed by atoms with Crippen molar-refractivity contribution in [2.75, 3.05) is 11.9 Å². The van der Waals surface area contributed by atoms with Crippen LogP contribution in [0.25, 0.3) is 10.2 Å². The van der Waals surface area contributed by atoms with Crippen molar-refractivity contribution in [3.8, 4) is 0 Å². The highest BCUT2D eigenvalue weighted by molar-refractivity contribution is 7.18. The zero-order chi connectivity index (χ0) is 20.8. The van der Waals surface area contributed by atoms with Gasteiger partial charge >= 0.3 is 5.97 Å². The molecule has 4 rings (SSSR count). The van der Waals surface area contributed by atoms with Gasteiger partial charge in [0, 0.05) is 18.2 Å². The summed E-state index contributed by atoms with van der Waals surface area (Å²) in [6, 6.07) is 12.4. The molecule has 0 saturated heterocycles. The molecule has 158 valence electrons. The maximum Gasteiger partial charge on any atom is 0.304 e. The van der Waals surface area contributed by atoms with Crippen LogP contribution < -0.4 is 5.32 Å². The van der Waals surface area contributed by atoms with Crippen LogP contribution in [0.2, 0.25) is 0 Å². The number of carboxylic acid groups (broad SMARTS) is 1.